The molecule has 1 aromatic heterocycles. The third-order valence-corrected chi connectivity index (χ3v) is 4.50. The average molecular weight is 238 g/mol. The zero-order valence-electron chi connectivity index (χ0n) is 8.04. The van der Waals surface area contributed by atoms with Crippen molar-refractivity contribution in [1.82, 2.24) is 4.98 Å². The number of hydrogen-bond acceptors (Lipinski definition) is 0. The summed E-state index contributed by atoms with van der Waals surface area (Å²) in [6, 6.07) is 15.1. The predicted molar refractivity (Wildman–Crippen MR) is 64.0 cm³/mol. The molecule has 2 aromatic carbocycles. The Hall–Kier alpha value is -1.12. The van der Waals surface area contributed by atoms with E-state index in [-0.39, 0.29) is 0 Å². The molecule has 0 radical (unpaired) electrons. The van der Waals surface area contributed by atoms with Crippen LogP contribution in [0.5, 0.6) is 0 Å². The first-order chi connectivity index (χ1) is 6.86. The number of H-pyrrole nitrogens is 1. The Morgan fingerprint density at radius 1 is 0.857 bits per heavy atom. The number of hydrogen-bond donors (Lipinski definition) is 1. The van der Waals surface area contributed by atoms with E-state index in [0.717, 1.165) is 18.6 Å². The molecular formula is C12H10GaN. The van der Waals surface area contributed by atoms with Crippen LogP contribution < -0.4 is 4.12 Å². The van der Waals surface area contributed by atoms with Gasteiger partial charge in [-0.05, 0) is 0 Å². The molecule has 1 N–H and O–H groups in total. The maximum absolute atomic E-state index is 3.49. The fraction of sp³-hybridized carbons (Fsp3) is 0. The van der Waals surface area contributed by atoms with Crippen LogP contribution >= 0.6 is 0 Å². The van der Waals surface area contributed by atoms with Gasteiger partial charge in [0, 0.05) is 0 Å². The molecule has 0 saturated carbocycles. The molecule has 0 aliphatic carbocycles. The summed E-state index contributed by atoms with van der Waals surface area (Å²) < 4.78 is 1.49. The second kappa shape index (κ2) is 2.94. The molecule has 2 heteroatoms. The van der Waals surface area contributed by atoms with Gasteiger partial charge in [-0.15, -0.1) is 0 Å². The minimum atomic E-state index is 0.730. The van der Waals surface area contributed by atoms with Gasteiger partial charge in [0.1, 0.15) is 0 Å². The second-order valence-corrected chi connectivity index (χ2v) is 5.93. The van der Waals surface area contributed by atoms with E-state index in [0.29, 0.717) is 0 Å². The van der Waals surface area contributed by atoms with Crippen molar-refractivity contribution in [3.63, 3.8) is 0 Å². The Morgan fingerprint density at radius 2 is 1.64 bits per heavy atom. The van der Waals surface area contributed by atoms with Gasteiger partial charge in [-0.2, -0.15) is 0 Å². The van der Waals surface area contributed by atoms with Crippen LogP contribution in [0, 0.1) is 0 Å². The Balaban J connectivity index is 2.63. The maximum atomic E-state index is 3.49. The van der Waals surface area contributed by atoms with Gasteiger partial charge in [0.15, 0.2) is 0 Å². The van der Waals surface area contributed by atoms with Crippen LogP contribution in [0.2, 0.25) is 0 Å². The molecular weight excluding hydrogens is 228 g/mol. The molecule has 66 valence electrons. The fourth-order valence-electron chi connectivity index (χ4n) is 2.02. The zero-order chi connectivity index (χ0) is 9.54. The summed E-state index contributed by atoms with van der Waals surface area (Å²) in [6.45, 7) is 0. The molecule has 0 bridgehead atoms. The standard InChI is InChI=1S/C12H8N.Ga.2H/c1-3-7-11-9(5-1)10-6-2-4-8-12(10)13-11;;;/h1-7,13H;;;. The quantitative estimate of drug-likeness (QED) is 0.572. The van der Waals surface area contributed by atoms with E-state index in [1.165, 1.54) is 25.9 Å². The van der Waals surface area contributed by atoms with E-state index in [1.54, 1.807) is 0 Å². The molecule has 0 aliphatic heterocycles. The molecule has 0 spiro atoms. The molecule has 1 heterocycles. The SMILES string of the molecule is [GaH2][c]1cccc2c1[nH]c1ccccc12. The molecule has 0 saturated heterocycles. The van der Waals surface area contributed by atoms with Crippen LogP contribution in [0.15, 0.2) is 42.5 Å². The van der Waals surface area contributed by atoms with Crippen molar-refractivity contribution in [1.29, 1.82) is 0 Å². The van der Waals surface area contributed by atoms with Gasteiger partial charge in [-0.3, -0.25) is 0 Å². The van der Waals surface area contributed by atoms with Crippen molar-refractivity contribution in [2.24, 2.45) is 0 Å². The normalized spacial score (nSPS) is 11.1. The van der Waals surface area contributed by atoms with Crippen LogP contribution in [0.4, 0.5) is 0 Å². The van der Waals surface area contributed by atoms with Crippen molar-refractivity contribution in [2.75, 3.05) is 0 Å². The number of para-hydroxylation sites is 2. The summed E-state index contributed by atoms with van der Waals surface area (Å²) in [5.74, 6) is 0. The molecule has 14 heavy (non-hydrogen) atoms. The van der Waals surface area contributed by atoms with E-state index in [4.69, 9.17) is 0 Å². The van der Waals surface area contributed by atoms with Crippen LogP contribution in [0.25, 0.3) is 21.8 Å². The van der Waals surface area contributed by atoms with Gasteiger partial charge in [0.05, 0.1) is 0 Å². The Labute approximate surface area is 92.0 Å². The van der Waals surface area contributed by atoms with E-state index in [9.17, 15) is 0 Å². The van der Waals surface area contributed by atoms with Gasteiger partial charge in [0.25, 0.3) is 0 Å². The predicted octanol–water partition coefficient (Wildman–Crippen LogP) is 1.58. The minimum absolute atomic E-state index is 0.730. The van der Waals surface area contributed by atoms with Crippen LogP contribution in [-0.4, -0.2) is 23.6 Å². The second-order valence-electron chi connectivity index (χ2n) is 3.67. The number of aromatic nitrogens is 1. The number of aromatic amines is 1. The van der Waals surface area contributed by atoms with Crippen LogP contribution in [0.1, 0.15) is 0 Å². The van der Waals surface area contributed by atoms with E-state index in [2.05, 4.69) is 47.4 Å². The third-order valence-electron chi connectivity index (χ3n) is 2.75. The summed E-state index contributed by atoms with van der Waals surface area (Å²) in [5.41, 5.74) is 2.59. The molecule has 0 atom stereocenters. The molecule has 0 aliphatic rings. The van der Waals surface area contributed by atoms with Gasteiger partial charge < -0.3 is 0 Å². The summed E-state index contributed by atoms with van der Waals surface area (Å²) in [7, 11) is 0. The fourth-order valence-corrected chi connectivity index (χ4v) is 3.25. The van der Waals surface area contributed by atoms with Crippen LogP contribution in [0.3, 0.4) is 0 Å². The summed E-state index contributed by atoms with van der Waals surface area (Å²) in [5, 5.41) is 2.71. The number of nitrogens with one attached hydrogen (secondary N) is 1. The first kappa shape index (κ1) is 8.21. The molecule has 0 amide bonds. The number of rotatable bonds is 0. The molecule has 0 fully saturated rings. The van der Waals surface area contributed by atoms with Crippen molar-refractivity contribution in [3.05, 3.63) is 42.5 Å². The summed E-state index contributed by atoms with van der Waals surface area (Å²) in [6.07, 6.45) is 0. The summed E-state index contributed by atoms with van der Waals surface area (Å²) in [4.78, 5) is 3.49. The van der Waals surface area contributed by atoms with E-state index >= 15 is 0 Å². The molecule has 3 aromatic rings. The zero-order valence-corrected chi connectivity index (χ0v) is 12.2. The molecule has 3 rings (SSSR count). The van der Waals surface area contributed by atoms with Gasteiger partial charge in [0.2, 0.25) is 0 Å². The van der Waals surface area contributed by atoms with E-state index < -0.39 is 0 Å². The van der Waals surface area contributed by atoms with Gasteiger partial charge in [-0.25, -0.2) is 0 Å². The Bertz CT molecular complexity index is 610. The average Bonchev–Trinajstić information content (AvgIpc) is 2.59. The number of benzene rings is 2. The van der Waals surface area contributed by atoms with Crippen molar-refractivity contribution < 1.29 is 0 Å². The molecule has 1 nitrogen and oxygen atoms in total. The van der Waals surface area contributed by atoms with E-state index in [1.807, 2.05) is 0 Å². The van der Waals surface area contributed by atoms with Crippen molar-refractivity contribution in [2.45, 2.75) is 0 Å². The Kier molecular flexibility index (Phi) is 1.72. The third kappa shape index (κ3) is 1.04. The number of fused-ring (bicyclic) bond motifs is 3. The monoisotopic (exact) mass is 237 g/mol. The molecule has 0 unspecified atom stereocenters. The van der Waals surface area contributed by atoms with Crippen molar-refractivity contribution >= 4 is 44.5 Å². The van der Waals surface area contributed by atoms with Gasteiger partial charge in [-0.1, -0.05) is 0 Å². The Morgan fingerprint density at radius 3 is 2.57 bits per heavy atom. The van der Waals surface area contributed by atoms with Crippen molar-refractivity contribution in [3.8, 4) is 0 Å². The summed E-state index contributed by atoms with van der Waals surface area (Å²) >= 11 is 0.730. The van der Waals surface area contributed by atoms with Gasteiger partial charge >= 0.3 is 92.0 Å². The first-order valence-corrected chi connectivity index (χ1v) is 6.92. The van der Waals surface area contributed by atoms with Crippen LogP contribution in [-0.2, 0) is 0 Å². The first-order valence-electron chi connectivity index (χ1n) is 4.82. The topological polar surface area (TPSA) is 15.8 Å².